The van der Waals surface area contributed by atoms with E-state index in [2.05, 4.69) is 5.32 Å². The van der Waals surface area contributed by atoms with Gasteiger partial charge in [0.2, 0.25) is 0 Å². The van der Waals surface area contributed by atoms with Gasteiger partial charge in [0.1, 0.15) is 5.75 Å². The van der Waals surface area contributed by atoms with Gasteiger partial charge in [-0.3, -0.25) is 14.9 Å². The number of nitro groups is 1. The predicted molar refractivity (Wildman–Crippen MR) is 92.6 cm³/mol. The van der Waals surface area contributed by atoms with Gasteiger partial charge >= 0.3 is 0 Å². The van der Waals surface area contributed by atoms with E-state index in [0.717, 1.165) is 5.56 Å². The van der Waals surface area contributed by atoms with E-state index in [1.807, 2.05) is 30.3 Å². The second-order valence-electron chi connectivity index (χ2n) is 5.15. The molecule has 0 aliphatic rings. The van der Waals surface area contributed by atoms with Crippen LogP contribution in [0.15, 0.2) is 42.5 Å². The molecule has 0 fully saturated rings. The number of nitriles is 1. The summed E-state index contributed by atoms with van der Waals surface area (Å²) < 4.78 is 5.47. The van der Waals surface area contributed by atoms with Crippen LogP contribution in [0.5, 0.6) is 5.75 Å². The number of ether oxygens (including phenoxy) is 1. The Kier molecular flexibility index (Phi) is 6.07. The molecule has 7 nitrogen and oxygen atoms in total. The van der Waals surface area contributed by atoms with Gasteiger partial charge in [-0.15, -0.1) is 0 Å². The summed E-state index contributed by atoms with van der Waals surface area (Å²) in [4.78, 5) is 22.7. The Balaban J connectivity index is 2.41. The third-order valence-electron chi connectivity index (χ3n) is 3.46. The molecule has 0 radical (unpaired) electrons. The van der Waals surface area contributed by atoms with Crippen molar-refractivity contribution in [2.75, 3.05) is 11.9 Å². The molecular formula is C18H17N3O4. The van der Waals surface area contributed by atoms with Crippen molar-refractivity contribution >= 4 is 17.2 Å². The van der Waals surface area contributed by atoms with E-state index in [-0.39, 0.29) is 11.3 Å². The minimum absolute atomic E-state index is 0.106. The fourth-order valence-electron chi connectivity index (χ4n) is 2.32. The van der Waals surface area contributed by atoms with Crippen molar-refractivity contribution < 1.29 is 14.5 Å². The Morgan fingerprint density at radius 3 is 2.64 bits per heavy atom. The Morgan fingerprint density at radius 1 is 1.32 bits per heavy atom. The molecule has 0 heterocycles. The van der Waals surface area contributed by atoms with Crippen LogP contribution < -0.4 is 10.1 Å². The van der Waals surface area contributed by atoms with Gasteiger partial charge in [-0.05, 0) is 18.6 Å². The molecule has 7 heteroatoms. The van der Waals surface area contributed by atoms with Gasteiger partial charge in [0, 0.05) is 6.54 Å². The van der Waals surface area contributed by atoms with Crippen LogP contribution in [0.25, 0.3) is 0 Å². The van der Waals surface area contributed by atoms with Crippen LogP contribution in [0.3, 0.4) is 0 Å². The number of rotatable bonds is 8. The average molecular weight is 339 g/mol. The molecule has 2 aromatic rings. The van der Waals surface area contributed by atoms with Crippen molar-refractivity contribution in [2.45, 2.75) is 19.9 Å². The highest BCUT2D eigenvalue weighted by Gasteiger charge is 2.23. The number of hydrogen-bond donors (Lipinski definition) is 1. The van der Waals surface area contributed by atoms with Crippen LogP contribution in [0.4, 0.5) is 11.4 Å². The largest absolute Gasteiger partial charge is 0.491 e. The van der Waals surface area contributed by atoms with Crippen LogP contribution in [-0.2, 0) is 6.54 Å². The maximum atomic E-state index is 12.1. The zero-order valence-electron chi connectivity index (χ0n) is 13.7. The molecule has 0 saturated carbocycles. The Labute approximate surface area is 145 Å². The fourth-order valence-corrected chi connectivity index (χ4v) is 2.32. The maximum absolute atomic E-state index is 12.1. The van der Waals surface area contributed by atoms with E-state index in [1.165, 1.54) is 12.1 Å². The molecule has 2 aromatic carbocycles. The summed E-state index contributed by atoms with van der Waals surface area (Å²) in [6, 6.07) is 13.9. The van der Waals surface area contributed by atoms with Gasteiger partial charge in [0.25, 0.3) is 5.69 Å². The van der Waals surface area contributed by atoms with E-state index < -0.39 is 17.1 Å². The quantitative estimate of drug-likeness (QED) is 0.446. The molecule has 0 atom stereocenters. The monoisotopic (exact) mass is 339 g/mol. The molecule has 128 valence electrons. The molecule has 0 spiro atoms. The molecule has 25 heavy (non-hydrogen) atoms. The summed E-state index contributed by atoms with van der Waals surface area (Å²) in [5, 5.41) is 23.1. The molecule has 0 saturated heterocycles. The molecular weight excluding hydrogens is 322 g/mol. The molecule has 0 unspecified atom stereocenters. The van der Waals surface area contributed by atoms with Gasteiger partial charge in [-0.2, -0.15) is 5.26 Å². The highest BCUT2D eigenvalue weighted by atomic mass is 16.6. The number of hydrogen-bond acceptors (Lipinski definition) is 6. The van der Waals surface area contributed by atoms with Crippen molar-refractivity contribution in [1.82, 2.24) is 0 Å². The third kappa shape index (κ3) is 4.54. The molecule has 2 rings (SSSR count). The number of nitrogens with one attached hydrogen (secondary N) is 1. The first-order valence-electron chi connectivity index (χ1n) is 7.70. The molecule has 0 bridgehead atoms. The van der Waals surface area contributed by atoms with E-state index in [1.54, 1.807) is 13.0 Å². The van der Waals surface area contributed by atoms with E-state index in [0.29, 0.717) is 24.6 Å². The number of nitrogens with zero attached hydrogens (tertiary/aromatic N) is 2. The van der Waals surface area contributed by atoms with Crippen LogP contribution in [0, 0.1) is 21.4 Å². The standard InChI is InChI=1S/C18H17N3O4/c1-2-25-18-11-16(21(23)24)14(17(22)8-9-19)10-15(18)20-12-13-6-4-3-5-7-13/h3-7,10-11,20H,2,8,12H2,1H3. The first kappa shape index (κ1) is 17.9. The molecule has 0 amide bonds. The SMILES string of the molecule is CCOc1cc([N+](=O)[O-])c(C(=O)CC#N)cc1NCc1ccccc1. The lowest BCUT2D eigenvalue weighted by Crippen LogP contribution is -2.08. The third-order valence-corrected chi connectivity index (χ3v) is 3.46. The van der Waals surface area contributed by atoms with Crippen molar-refractivity contribution in [3.63, 3.8) is 0 Å². The van der Waals surface area contributed by atoms with Crippen molar-refractivity contribution in [3.05, 3.63) is 63.7 Å². The minimum Gasteiger partial charge on any atom is -0.491 e. The van der Waals surface area contributed by atoms with E-state index in [9.17, 15) is 14.9 Å². The fraction of sp³-hybridized carbons (Fsp3) is 0.222. The second kappa shape index (κ2) is 8.45. The Hall–Kier alpha value is -3.40. The first-order valence-corrected chi connectivity index (χ1v) is 7.70. The lowest BCUT2D eigenvalue weighted by Gasteiger charge is -2.14. The summed E-state index contributed by atoms with van der Waals surface area (Å²) in [6.45, 7) is 2.55. The number of carbonyl (C=O) groups is 1. The number of benzene rings is 2. The summed E-state index contributed by atoms with van der Waals surface area (Å²) in [7, 11) is 0. The first-order chi connectivity index (χ1) is 12.1. The molecule has 1 N–H and O–H groups in total. The highest BCUT2D eigenvalue weighted by molar-refractivity contribution is 6.02. The van der Waals surface area contributed by atoms with Crippen molar-refractivity contribution in [2.24, 2.45) is 0 Å². The van der Waals surface area contributed by atoms with Gasteiger partial charge in [0.05, 0.1) is 41.3 Å². The normalized spacial score (nSPS) is 9.92. The van der Waals surface area contributed by atoms with E-state index in [4.69, 9.17) is 10.00 Å². The number of anilines is 1. The topological polar surface area (TPSA) is 105 Å². The second-order valence-corrected chi connectivity index (χ2v) is 5.15. The zero-order chi connectivity index (χ0) is 18.2. The average Bonchev–Trinajstić information content (AvgIpc) is 2.61. The Morgan fingerprint density at radius 2 is 2.04 bits per heavy atom. The number of carbonyl (C=O) groups excluding carboxylic acids is 1. The van der Waals surface area contributed by atoms with Gasteiger partial charge in [0.15, 0.2) is 5.78 Å². The van der Waals surface area contributed by atoms with Crippen LogP contribution in [0.2, 0.25) is 0 Å². The van der Waals surface area contributed by atoms with E-state index >= 15 is 0 Å². The maximum Gasteiger partial charge on any atom is 0.284 e. The molecule has 0 aromatic heterocycles. The number of ketones is 1. The highest BCUT2D eigenvalue weighted by Crippen LogP contribution is 2.34. The summed E-state index contributed by atoms with van der Waals surface area (Å²) >= 11 is 0. The number of nitro benzene ring substituents is 1. The van der Waals surface area contributed by atoms with Crippen molar-refractivity contribution in [3.8, 4) is 11.8 Å². The van der Waals surface area contributed by atoms with Gasteiger partial charge in [-0.25, -0.2) is 0 Å². The predicted octanol–water partition coefficient (Wildman–Crippen LogP) is 3.70. The number of Topliss-reactive ketones (excluding diaryl/α,β-unsaturated/α-hetero) is 1. The summed E-state index contributed by atoms with van der Waals surface area (Å²) in [6.07, 6.45) is -0.424. The van der Waals surface area contributed by atoms with Gasteiger partial charge in [-0.1, -0.05) is 30.3 Å². The van der Waals surface area contributed by atoms with Crippen LogP contribution >= 0.6 is 0 Å². The molecule has 0 aliphatic heterocycles. The van der Waals surface area contributed by atoms with Gasteiger partial charge < -0.3 is 10.1 Å². The van der Waals surface area contributed by atoms with Crippen LogP contribution in [-0.4, -0.2) is 17.3 Å². The van der Waals surface area contributed by atoms with Crippen molar-refractivity contribution in [1.29, 1.82) is 5.26 Å². The minimum atomic E-state index is -0.645. The lowest BCUT2D eigenvalue weighted by atomic mass is 10.0. The lowest BCUT2D eigenvalue weighted by molar-refractivity contribution is -0.385. The summed E-state index contributed by atoms with van der Waals surface area (Å²) in [5.41, 5.74) is 1.00. The Bertz CT molecular complexity index is 813. The van der Waals surface area contributed by atoms with Crippen LogP contribution in [0.1, 0.15) is 29.3 Å². The molecule has 0 aliphatic carbocycles. The summed E-state index contributed by atoms with van der Waals surface area (Å²) in [5.74, 6) is -0.307. The smallest absolute Gasteiger partial charge is 0.284 e. The zero-order valence-corrected chi connectivity index (χ0v) is 13.7.